The summed E-state index contributed by atoms with van der Waals surface area (Å²) in [4.78, 5) is 4.34. The first-order valence-electron chi connectivity index (χ1n) is 7.70. The molecule has 1 fully saturated rings. The quantitative estimate of drug-likeness (QED) is 0.841. The lowest BCUT2D eigenvalue weighted by Crippen LogP contribution is -2.27. The number of aliphatic hydroxyl groups is 1. The summed E-state index contributed by atoms with van der Waals surface area (Å²) in [6.07, 6.45) is 6.90. The minimum absolute atomic E-state index is 0.652. The predicted molar refractivity (Wildman–Crippen MR) is 82.5 cm³/mol. The Hall–Kier alpha value is -1.92. The molecule has 0 spiro atoms. The summed E-state index contributed by atoms with van der Waals surface area (Å²) in [6, 6.07) is 12.1. The van der Waals surface area contributed by atoms with Crippen LogP contribution in [0, 0.1) is 16.7 Å². The molecule has 3 rings (SSSR count). The second-order valence-corrected chi connectivity index (χ2v) is 6.00. The summed E-state index contributed by atoms with van der Waals surface area (Å²) in [7, 11) is 0. The molecule has 1 N–H and O–H groups in total. The molecule has 1 unspecified atom stereocenters. The van der Waals surface area contributed by atoms with E-state index in [0.717, 1.165) is 55.0 Å². The van der Waals surface area contributed by atoms with Crippen molar-refractivity contribution in [1.29, 1.82) is 5.26 Å². The van der Waals surface area contributed by atoms with Crippen molar-refractivity contribution in [3.63, 3.8) is 0 Å². The van der Waals surface area contributed by atoms with Gasteiger partial charge in [-0.15, -0.1) is 0 Å². The number of aromatic nitrogens is 1. The van der Waals surface area contributed by atoms with Crippen molar-refractivity contribution in [3.05, 3.63) is 42.1 Å². The van der Waals surface area contributed by atoms with Crippen LogP contribution in [0.25, 0.3) is 10.9 Å². The largest absolute Gasteiger partial charge is 0.387 e. The van der Waals surface area contributed by atoms with Crippen LogP contribution < -0.4 is 0 Å². The average molecular weight is 280 g/mol. The van der Waals surface area contributed by atoms with Gasteiger partial charge >= 0.3 is 0 Å². The first-order valence-corrected chi connectivity index (χ1v) is 7.70. The van der Waals surface area contributed by atoms with Gasteiger partial charge in [0.05, 0.1) is 23.1 Å². The van der Waals surface area contributed by atoms with Gasteiger partial charge in [0.25, 0.3) is 0 Å². The van der Waals surface area contributed by atoms with Gasteiger partial charge in [0.15, 0.2) is 0 Å². The van der Waals surface area contributed by atoms with Crippen molar-refractivity contribution in [2.75, 3.05) is 0 Å². The zero-order chi connectivity index (χ0) is 14.7. The maximum Gasteiger partial charge on any atom is 0.0983 e. The molecule has 3 nitrogen and oxygen atoms in total. The molecule has 1 aliphatic rings. The van der Waals surface area contributed by atoms with Gasteiger partial charge in [-0.05, 0) is 30.5 Å². The van der Waals surface area contributed by atoms with Gasteiger partial charge in [0.2, 0.25) is 0 Å². The third-order valence-corrected chi connectivity index (χ3v) is 4.72. The van der Waals surface area contributed by atoms with Crippen molar-refractivity contribution in [2.24, 2.45) is 5.41 Å². The molecule has 0 bridgehead atoms. The van der Waals surface area contributed by atoms with Gasteiger partial charge in [-0.2, -0.15) is 5.26 Å². The number of rotatable bonds is 2. The molecule has 1 aromatic carbocycles. The summed E-state index contributed by atoms with van der Waals surface area (Å²) in [5.41, 5.74) is 1.06. The smallest absolute Gasteiger partial charge is 0.0983 e. The van der Waals surface area contributed by atoms with Gasteiger partial charge in [0.1, 0.15) is 0 Å². The Bertz CT molecular complexity index is 661. The van der Waals surface area contributed by atoms with Crippen LogP contribution in [0.4, 0.5) is 0 Å². The highest BCUT2D eigenvalue weighted by Gasteiger charge is 2.39. The lowest BCUT2D eigenvalue weighted by Gasteiger charge is -2.31. The number of nitriles is 1. The van der Waals surface area contributed by atoms with Crippen molar-refractivity contribution in [3.8, 4) is 6.07 Å². The maximum atomic E-state index is 11.0. The van der Waals surface area contributed by atoms with E-state index in [-0.39, 0.29) is 0 Å². The van der Waals surface area contributed by atoms with E-state index < -0.39 is 11.5 Å². The third kappa shape index (κ3) is 2.52. The number of para-hydroxylation sites is 1. The van der Waals surface area contributed by atoms with Crippen LogP contribution in [0.3, 0.4) is 0 Å². The molecule has 0 amide bonds. The lowest BCUT2D eigenvalue weighted by atomic mass is 9.74. The minimum atomic E-state index is -0.742. The number of benzene rings is 1. The Balaban J connectivity index is 2.06. The SMILES string of the molecule is N#CC1(C(O)c2ccnc3ccccc23)CCCCCC1. The summed E-state index contributed by atoms with van der Waals surface area (Å²) < 4.78 is 0. The van der Waals surface area contributed by atoms with E-state index in [1.165, 1.54) is 0 Å². The monoisotopic (exact) mass is 280 g/mol. The van der Waals surface area contributed by atoms with Crippen LogP contribution in [-0.4, -0.2) is 10.1 Å². The number of aliphatic hydroxyl groups excluding tert-OH is 1. The number of pyridine rings is 1. The standard InChI is InChI=1S/C18H20N2O/c19-13-18(10-5-1-2-6-11-18)17(21)15-9-12-20-16-8-4-3-7-14(15)16/h3-4,7-9,12,17,21H,1-2,5-6,10-11H2. The van der Waals surface area contributed by atoms with Crippen LogP contribution >= 0.6 is 0 Å². The normalized spacial score (nSPS) is 19.6. The van der Waals surface area contributed by atoms with Gasteiger partial charge in [-0.1, -0.05) is 43.9 Å². The maximum absolute atomic E-state index is 11.0. The molecule has 1 atom stereocenters. The minimum Gasteiger partial charge on any atom is -0.387 e. The van der Waals surface area contributed by atoms with Crippen molar-refractivity contribution >= 4 is 10.9 Å². The Morgan fingerprint density at radius 3 is 2.52 bits per heavy atom. The molecule has 1 aliphatic carbocycles. The topological polar surface area (TPSA) is 56.9 Å². The molecular weight excluding hydrogens is 260 g/mol. The fourth-order valence-corrected chi connectivity index (χ4v) is 3.46. The Morgan fingerprint density at radius 2 is 1.81 bits per heavy atom. The van der Waals surface area contributed by atoms with E-state index in [1.54, 1.807) is 6.20 Å². The van der Waals surface area contributed by atoms with E-state index >= 15 is 0 Å². The first kappa shape index (κ1) is 14.0. The van der Waals surface area contributed by atoms with Crippen LogP contribution in [0.2, 0.25) is 0 Å². The molecule has 3 heteroatoms. The highest BCUT2D eigenvalue weighted by atomic mass is 16.3. The van der Waals surface area contributed by atoms with Crippen LogP contribution in [0.15, 0.2) is 36.5 Å². The second-order valence-electron chi connectivity index (χ2n) is 6.00. The van der Waals surface area contributed by atoms with Gasteiger partial charge in [-0.25, -0.2) is 0 Å². The van der Waals surface area contributed by atoms with E-state index in [1.807, 2.05) is 30.3 Å². The fourth-order valence-electron chi connectivity index (χ4n) is 3.46. The van der Waals surface area contributed by atoms with Crippen LogP contribution in [-0.2, 0) is 0 Å². The van der Waals surface area contributed by atoms with E-state index in [9.17, 15) is 10.4 Å². The van der Waals surface area contributed by atoms with E-state index in [2.05, 4.69) is 11.1 Å². The molecule has 1 saturated carbocycles. The summed E-state index contributed by atoms with van der Waals surface area (Å²) >= 11 is 0. The molecular formula is C18H20N2O. The second kappa shape index (κ2) is 5.83. The van der Waals surface area contributed by atoms with Crippen molar-refractivity contribution < 1.29 is 5.11 Å². The Labute approximate surface area is 125 Å². The number of hydrogen-bond donors (Lipinski definition) is 1. The van der Waals surface area contributed by atoms with Gasteiger partial charge < -0.3 is 5.11 Å². The first-order chi connectivity index (χ1) is 10.3. The third-order valence-electron chi connectivity index (χ3n) is 4.72. The molecule has 1 aromatic heterocycles. The van der Waals surface area contributed by atoms with Crippen LogP contribution in [0.1, 0.15) is 50.2 Å². The lowest BCUT2D eigenvalue weighted by molar-refractivity contribution is 0.0528. The zero-order valence-electron chi connectivity index (χ0n) is 12.1. The van der Waals surface area contributed by atoms with Crippen molar-refractivity contribution in [1.82, 2.24) is 4.98 Å². The molecule has 0 saturated heterocycles. The van der Waals surface area contributed by atoms with E-state index in [4.69, 9.17) is 0 Å². The summed E-state index contributed by atoms with van der Waals surface area (Å²) in [5.74, 6) is 0. The fraction of sp³-hybridized carbons (Fsp3) is 0.444. The number of fused-ring (bicyclic) bond motifs is 1. The summed E-state index contributed by atoms with van der Waals surface area (Å²) in [6.45, 7) is 0. The Kier molecular flexibility index (Phi) is 3.90. The number of hydrogen-bond acceptors (Lipinski definition) is 3. The molecule has 0 aliphatic heterocycles. The van der Waals surface area contributed by atoms with Gasteiger partial charge in [-0.3, -0.25) is 4.98 Å². The Morgan fingerprint density at radius 1 is 1.10 bits per heavy atom. The molecule has 21 heavy (non-hydrogen) atoms. The summed E-state index contributed by atoms with van der Waals surface area (Å²) in [5, 5.41) is 21.7. The van der Waals surface area contributed by atoms with Crippen molar-refractivity contribution in [2.45, 2.75) is 44.6 Å². The highest BCUT2D eigenvalue weighted by Crippen LogP contribution is 2.45. The predicted octanol–water partition coefficient (Wildman–Crippen LogP) is 4.13. The zero-order valence-corrected chi connectivity index (χ0v) is 12.1. The van der Waals surface area contributed by atoms with Crippen LogP contribution in [0.5, 0.6) is 0 Å². The molecule has 1 heterocycles. The molecule has 2 aromatic rings. The van der Waals surface area contributed by atoms with E-state index in [0.29, 0.717) is 0 Å². The molecule has 108 valence electrons. The highest BCUT2D eigenvalue weighted by molar-refractivity contribution is 5.82. The number of nitrogens with zero attached hydrogens (tertiary/aromatic N) is 2. The van der Waals surface area contributed by atoms with Gasteiger partial charge in [0, 0.05) is 11.6 Å². The average Bonchev–Trinajstić information content (AvgIpc) is 2.80. The molecule has 0 radical (unpaired) electrons.